The molecule has 0 spiro atoms. The molecule has 2 N–H and O–H groups in total. The fraction of sp³-hybridized carbons (Fsp3) is 0.412. The van der Waals surface area contributed by atoms with Crippen LogP contribution in [0.25, 0.3) is 4.96 Å². The van der Waals surface area contributed by atoms with E-state index in [1.165, 1.54) is 16.2 Å². The van der Waals surface area contributed by atoms with E-state index < -0.39 is 0 Å². The third-order valence-electron chi connectivity index (χ3n) is 4.58. The van der Waals surface area contributed by atoms with Crippen molar-refractivity contribution in [3.63, 3.8) is 0 Å². The number of hydrogen-bond acceptors (Lipinski definition) is 5. The van der Waals surface area contributed by atoms with Crippen molar-refractivity contribution in [3.8, 4) is 5.88 Å². The van der Waals surface area contributed by atoms with E-state index in [0.717, 1.165) is 35.8 Å². The number of aromatic nitrogens is 3. The molecule has 1 aliphatic heterocycles. The van der Waals surface area contributed by atoms with Gasteiger partial charge in [0.2, 0.25) is 10.8 Å². The number of morpholine rings is 1. The standard InChI is InChI=1S/C17H19ClN4O2S/c1-2-13-19-17-22(20-13)16(23)15(25-17)14(21-7-9-24-10-8-21)11-5-3-4-6-12(11)18/h3-6,14,23H,2,7-10H2,1H3/p+1/t14-/m1/s1. The fourth-order valence-corrected chi connectivity index (χ4v) is 4.70. The predicted molar refractivity (Wildman–Crippen MR) is 96.7 cm³/mol. The highest BCUT2D eigenvalue weighted by molar-refractivity contribution is 7.17. The summed E-state index contributed by atoms with van der Waals surface area (Å²) in [6, 6.07) is 7.77. The molecule has 1 aromatic carbocycles. The van der Waals surface area contributed by atoms with Crippen LogP contribution >= 0.6 is 22.9 Å². The molecule has 25 heavy (non-hydrogen) atoms. The molecular formula is C17H20ClN4O2S+. The Bertz CT molecular complexity index is 888. The van der Waals surface area contributed by atoms with Gasteiger partial charge in [0.1, 0.15) is 18.0 Å². The zero-order chi connectivity index (χ0) is 17.4. The van der Waals surface area contributed by atoms with Crippen LogP contribution in [0.3, 0.4) is 0 Å². The minimum Gasteiger partial charge on any atom is -0.492 e. The second-order valence-electron chi connectivity index (χ2n) is 6.09. The van der Waals surface area contributed by atoms with Gasteiger partial charge in [0.15, 0.2) is 11.9 Å². The Balaban J connectivity index is 1.84. The van der Waals surface area contributed by atoms with Crippen LogP contribution in [0.15, 0.2) is 24.3 Å². The van der Waals surface area contributed by atoms with Gasteiger partial charge in [-0.2, -0.15) is 4.52 Å². The van der Waals surface area contributed by atoms with Gasteiger partial charge < -0.3 is 14.7 Å². The first kappa shape index (κ1) is 16.8. The molecule has 3 aromatic rings. The lowest BCUT2D eigenvalue weighted by molar-refractivity contribution is -0.932. The number of aromatic hydroxyl groups is 1. The first-order valence-corrected chi connectivity index (χ1v) is 9.62. The minimum absolute atomic E-state index is 0.0591. The number of ether oxygens (including phenoxy) is 1. The van der Waals surface area contributed by atoms with Gasteiger partial charge in [-0.25, -0.2) is 4.98 Å². The van der Waals surface area contributed by atoms with Crippen LogP contribution in [0, 0.1) is 0 Å². The Morgan fingerprint density at radius 3 is 2.80 bits per heavy atom. The van der Waals surface area contributed by atoms with Crippen LogP contribution < -0.4 is 4.90 Å². The molecule has 0 aliphatic carbocycles. The number of benzene rings is 1. The maximum Gasteiger partial charge on any atom is 0.235 e. The van der Waals surface area contributed by atoms with Crippen LogP contribution in [0.2, 0.25) is 5.02 Å². The molecule has 1 saturated heterocycles. The van der Waals surface area contributed by atoms with Gasteiger partial charge in [0.25, 0.3) is 0 Å². The van der Waals surface area contributed by atoms with Crippen LogP contribution in [0.5, 0.6) is 5.88 Å². The molecule has 1 atom stereocenters. The molecule has 0 amide bonds. The van der Waals surface area contributed by atoms with Crippen molar-refractivity contribution in [2.24, 2.45) is 0 Å². The van der Waals surface area contributed by atoms with Crippen molar-refractivity contribution in [1.29, 1.82) is 0 Å². The van der Waals surface area contributed by atoms with Crippen molar-refractivity contribution in [2.45, 2.75) is 19.4 Å². The summed E-state index contributed by atoms with van der Waals surface area (Å²) in [5.41, 5.74) is 1.01. The lowest BCUT2D eigenvalue weighted by Crippen LogP contribution is -3.14. The first-order valence-electron chi connectivity index (χ1n) is 8.43. The molecule has 1 fully saturated rings. The molecule has 0 saturated carbocycles. The second kappa shape index (κ2) is 6.92. The summed E-state index contributed by atoms with van der Waals surface area (Å²) < 4.78 is 7.06. The fourth-order valence-electron chi connectivity index (χ4n) is 3.31. The van der Waals surface area contributed by atoms with E-state index in [1.54, 1.807) is 4.52 Å². The molecular weight excluding hydrogens is 360 g/mol. The molecule has 132 valence electrons. The first-order chi connectivity index (χ1) is 12.2. The second-order valence-corrected chi connectivity index (χ2v) is 7.51. The zero-order valence-electron chi connectivity index (χ0n) is 13.9. The van der Waals surface area contributed by atoms with Gasteiger partial charge in [-0.1, -0.05) is 48.1 Å². The molecule has 0 unspecified atom stereocenters. The van der Waals surface area contributed by atoms with Crippen LogP contribution in [0.4, 0.5) is 0 Å². The minimum atomic E-state index is -0.0591. The average Bonchev–Trinajstić information content (AvgIpc) is 3.18. The van der Waals surface area contributed by atoms with E-state index in [-0.39, 0.29) is 11.9 Å². The average molecular weight is 380 g/mol. The van der Waals surface area contributed by atoms with E-state index in [9.17, 15) is 5.11 Å². The Hall–Kier alpha value is -1.67. The Kier molecular flexibility index (Phi) is 4.64. The van der Waals surface area contributed by atoms with Gasteiger partial charge >= 0.3 is 0 Å². The molecule has 1 aliphatic rings. The van der Waals surface area contributed by atoms with E-state index in [1.807, 2.05) is 31.2 Å². The number of aryl methyl sites for hydroxylation is 1. The van der Waals surface area contributed by atoms with E-state index in [2.05, 4.69) is 10.1 Å². The third kappa shape index (κ3) is 3.01. The van der Waals surface area contributed by atoms with Crippen molar-refractivity contribution in [1.82, 2.24) is 14.6 Å². The monoisotopic (exact) mass is 379 g/mol. The van der Waals surface area contributed by atoms with E-state index in [0.29, 0.717) is 23.2 Å². The molecule has 6 nitrogen and oxygen atoms in total. The maximum atomic E-state index is 10.8. The third-order valence-corrected chi connectivity index (χ3v) is 6.01. The molecule has 8 heteroatoms. The zero-order valence-corrected chi connectivity index (χ0v) is 15.5. The van der Waals surface area contributed by atoms with Crippen molar-refractivity contribution in [3.05, 3.63) is 45.6 Å². The maximum absolute atomic E-state index is 10.8. The summed E-state index contributed by atoms with van der Waals surface area (Å²) in [5.74, 6) is 0.900. The Labute approximate surface area is 154 Å². The number of hydrogen-bond donors (Lipinski definition) is 2. The topological polar surface area (TPSA) is 64.1 Å². The normalized spacial score (nSPS) is 17.2. The highest BCUT2D eigenvalue weighted by atomic mass is 35.5. The lowest BCUT2D eigenvalue weighted by atomic mass is 10.0. The summed E-state index contributed by atoms with van der Waals surface area (Å²) in [6.45, 7) is 5.14. The van der Waals surface area contributed by atoms with Gasteiger partial charge in [0.05, 0.1) is 18.2 Å². The SMILES string of the molecule is CCc1nc2sc([C@@H](c3ccccc3Cl)[NH+]3CCOCC3)c(O)n2n1. The van der Waals surface area contributed by atoms with E-state index >= 15 is 0 Å². The highest BCUT2D eigenvalue weighted by Crippen LogP contribution is 2.37. The van der Waals surface area contributed by atoms with Crippen LogP contribution in [0.1, 0.15) is 29.2 Å². The Morgan fingerprint density at radius 1 is 1.36 bits per heavy atom. The molecule has 0 radical (unpaired) electrons. The number of rotatable bonds is 4. The summed E-state index contributed by atoms with van der Waals surface area (Å²) in [7, 11) is 0. The number of nitrogens with zero attached hydrogens (tertiary/aromatic N) is 3. The van der Waals surface area contributed by atoms with Gasteiger partial charge in [-0.3, -0.25) is 0 Å². The molecule has 2 aromatic heterocycles. The van der Waals surface area contributed by atoms with Crippen LogP contribution in [-0.4, -0.2) is 46.0 Å². The smallest absolute Gasteiger partial charge is 0.235 e. The largest absolute Gasteiger partial charge is 0.492 e. The Morgan fingerprint density at radius 2 is 2.12 bits per heavy atom. The number of nitrogens with one attached hydrogen (secondary N) is 1. The quantitative estimate of drug-likeness (QED) is 0.724. The number of quaternary nitrogens is 1. The summed E-state index contributed by atoms with van der Waals surface area (Å²) in [5, 5.41) is 15.9. The predicted octanol–water partition coefficient (Wildman–Crippen LogP) is 1.72. The molecule has 4 rings (SSSR count). The molecule has 3 heterocycles. The van der Waals surface area contributed by atoms with Crippen molar-refractivity contribution in [2.75, 3.05) is 26.3 Å². The van der Waals surface area contributed by atoms with E-state index in [4.69, 9.17) is 16.3 Å². The molecule has 0 bridgehead atoms. The lowest BCUT2D eigenvalue weighted by Gasteiger charge is -2.31. The van der Waals surface area contributed by atoms with Gasteiger partial charge in [-0.15, -0.1) is 5.10 Å². The van der Waals surface area contributed by atoms with Gasteiger partial charge in [-0.05, 0) is 6.07 Å². The summed E-state index contributed by atoms with van der Waals surface area (Å²) in [4.78, 5) is 7.39. The van der Waals surface area contributed by atoms with Crippen LogP contribution in [-0.2, 0) is 11.2 Å². The summed E-state index contributed by atoms with van der Waals surface area (Å²) in [6.07, 6.45) is 0.742. The number of halogens is 1. The van der Waals surface area contributed by atoms with Crippen molar-refractivity contribution < 1.29 is 14.7 Å². The number of thiazole rings is 1. The highest BCUT2D eigenvalue weighted by Gasteiger charge is 2.35. The summed E-state index contributed by atoms with van der Waals surface area (Å²) >= 11 is 7.99. The number of fused-ring (bicyclic) bond motifs is 1. The van der Waals surface area contributed by atoms with Gasteiger partial charge in [0, 0.05) is 12.0 Å². The van der Waals surface area contributed by atoms with Crippen molar-refractivity contribution >= 4 is 27.9 Å².